The van der Waals surface area contributed by atoms with Gasteiger partial charge < -0.3 is 19.7 Å². The summed E-state index contributed by atoms with van der Waals surface area (Å²) in [7, 11) is 0. The summed E-state index contributed by atoms with van der Waals surface area (Å²) in [5.41, 5.74) is 0.847. The van der Waals surface area contributed by atoms with Gasteiger partial charge >= 0.3 is 0 Å². The molecule has 0 unspecified atom stereocenters. The molecular formula is C15H22O4. The minimum absolute atomic E-state index is 0.315. The van der Waals surface area contributed by atoms with E-state index < -0.39 is 24.1 Å². The van der Waals surface area contributed by atoms with Gasteiger partial charge in [0.2, 0.25) is 0 Å². The summed E-state index contributed by atoms with van der Waals surface area (Å²) in [4.78, 5) is 0. The van der Waals surface area contributed by atoms with Gasteiger partial charge in [-0.15, -0.1) is 0 Å². The van der Waals surface area contributed by atoms with Crippen molar-refractivity contribution in [3.05, 3.63) is 35.9 Å². The van der Waals surface area contributed by atoms with Gasteiger partial charge in [-0.05, 0) is 26.3 Å². The van der Waals surface area contributed by atoms with Gasteiger partial charge in [0.1, 0.15) is 6.10 Å². The van der Waals surface area contributed by atoms with E-state index >= 15 is 0 Å². The summed E-state index contributed by atoms with van der Waals surface area (Å²) in [6.07, 6.45) is -1.57. The first-order valence-corrected chi connectivity index (χ1v) is 6.66. The van der Waals surface area contributed by atoms with Crippen molar-refractivity contribution >= 4 is 0 Å². The molecule has 19 heavy (non-hydrogen) atoms. The van der Waals surface area contributed by atoms with Crippen molar-refractivity contribution in [2.24, 2.45) is 0 Å². The fourth-order valence-electron chi connectivity index (χ4n) is 2.49. The van der Waals surface area contributed by atoms with E-state index in [2.05, 4.69) is 0 Å². The number of rotatable bonds is 4. The monoisotopic (exact) mass is 266 g/mol. The number of hydrogen-bond donors (Lipinski definition) is 2. The second-order valence-electron chi connectivity index (χ2n) is 5.54. The van der Waals surface area contributed by atoms with Crippen molar-refractivity contribution in [3.63, 3.8) is 0 Å². The number of hydrogen-bond acceptors (Lipinski definition) is 4. The third-order valence-corrected chi connectivity index (χ3v) is 3.34. The van der Waals surface area contributed by atoms with E-state index in [0.29, 0.717) is 6.42 Å². The topological polar surface area (TPSA) is 58.9 Å². The van der Waals surface area contributed by atoms with E-state index in [9.17, 15) is 10.2 Å². The van der Waals surface area contributed by atoms with E-state index in [4.69, 9.17) is 9.47 Å². The van der Waals surface area contributed by atoms with Crippen molar-refractivity contribution in [1.29, 1.82) is 0 Å². The van der Waals surface area contributed by atoms with Crippen LogP contribution in [0.3, 0.4) is 0 Å². The molecule has 1 fully saturated rings. The second-order valence-corrected chi connectivity index (χ2v) is 5.54. The molecule has 4 heteroatoms. The molecule has 2 N–H and O–H groups in total. The Bertz CT molecular complexity index is 402. The van der Waals surface area contributed by atoms with Crippen LogP contribution < -0.4 is 0 Å². The molecule has 0 spiro atoms. The average molecular weight is 266 g/mol. The Morgan fingerprint density at radius 1 is 1.16 bits per heavy atom. The molecular weight excluding hydrogens is 244 g/mol. The van der Waals surface area contributed by atoms with Crippen molar-refractivity contribution in [2.45, 2.75) is 57.4 Å². The molecule has 1 heterocycles. The van der Waals surface area contributed by atoms with Crippen LogP contribution in [-0.2, 0) is 9.47 Å². The number of aliphatic hydroxyl groups excluding tert-OH is 2. The fourth-order valence-corrected chi connectivity index (χ4v) is 2.49. The standard InChI is InChI=1S/C15H22O4/c1-10(16)14-13(18-15(2,3)19-14)9-12(17)11-7-5-4-6-8-11/h4-8,10,12-14,16-17H,9H2,1-3H3/t10-,12-,13-,14+/m0/s1. The van der Waals surface area contributed by atoms with E-state index in [1.807, 2.05) is 44.2 Å². The van der Waals surface area contributed by atoms with Crippen LogP contribution in [0.15, 0.2) is 30.3 Å². The summed E-state index contributed by atoms with van der Waals surface area (Å²) in [6.45, 7) is 5.31. The van der Waals surface area contributed by atoms with Gasteiger partial charge in [0.15, 0.2) is 5.79 Å². The maximum absolute atomic E-state index is 10.2. The minimum Gasteiger partial charge on any atom is -0.391 e. The third kappa shape index (κ3) is 3.54. The minimum atomic E-state index is -0.720. The van der Waals surface area contributed by atoms with Crippen LogP contribution in [0.25, 0.3) is 0 Å². The lowest BCUT2D eigenvalue weighted by Crippen LogP contribution is -2.34. The van der Waals surface area contributed by atoms with Gasteiger partial charge in [0.25, 0.3) is 0 Å². The van der Waals surface area contributed by atoms with Crippen LogP contribution >= 0.6 is 0 Å². The smallest absolute Gasteiger partial charge is 0.163 e. The van der Waals surface area contributed by atoms with Gasteiger partial charge in [0, 0.05) is 6.42 Å². The SMILES string of the molecule is C[C@H](O)[C@H]1OC(C)(C)O[C@H]1C[C@H](O)c1ccccc1. The highest BCUT2D eigenvalue weighted by Gasteiger charge is 2.44. The largest absolute Gasteiger partial charge is 0.391 e. The zero-order valence-corrected chi connectivity index (χ0v) is 11.6. The lowest BCUT2D eigenvalue weighted by Gasteiger charge is -2.21. The molecule has 4 nitrogen and oxygen atoms in total. The first-order chi connectivity index (χ1) is 8.89. The molecule has 1 aromatic rings. The number of benzene rings is 1. The molecule has 0 bridgehead atoms. The van der Waals surface area contributed by atoms with Gasteiger partial charge in [-0.2, -0.15) is 0 Å². The van der Waals surface area contributed by atoms with Crippen molar-refractivity contribution < 1.29 is 19.7 Å². The van der Waals surface area contributed by atoms with Crippen LogP contribution in [-0.4, -0.2) is 34.3 Å². The van der Waals surface area contributed by atoms with Crippen molar-refractivity contribution in [1.82, 2.24) is 0 Å². The Balaban J connectivity index is 2.05. The summed E-state index contributed by atoms with van der Waals surface area (Å²) >= 11 is 0. The van der Waals surface area contributed by atoms with Crippen LogP contribution in [0.4, 0.5) is 0 Å². The Morgan fingerprint density at radius 3 is 2.37 bits per heavy atom. The predicted molar refractivity (Wildman–Crippen MR) is 71.5 cm³/mol. The Hall–Kier alpha value is -0.940. The van der Waals surface area contributed by atoms with Crippen molar-refractivity contribution in [3.8, 4) is 0 Å². The number of aliphatic hydroxyl groups is 2. The molecule has 1 aliphatic heterocycles. The van der Waals surface area contributed by atoms with Gasteiger partial charge in [-0.25, -0.2) is 0 Å². The summed E-state index contributed by atoms with van der Waals surface area (Å²) in [5, 5.41) is 20.0. The molecule has 2 rings (SSSR count). The molecule has 106 valence electrons. The molecule has 4 atom stereocenters. The average Bonchev–Trinajstić information content (AvgIpc) is 2.65. The van der Waals surface area contributed by atoms with Gasteiger partial charge in [-0.1, -0.05) is 30.3 Å². The molecule has 0 aliphatic carbocycles. The molecule has 0 radical (unpaired) electrons. The molecule has 0 amide bonds. The zero-order valence-electron chi connectivity index (χ0n) is 11.6. The van der Waals surface area contributed by atoms with E-state index in [0.717, 1.165) is 5.56 Å². The maximum Gasteiger partial charge on any atom is 0.163 e. The Kier molecular flexibility index (Phi) is 4.26. The number of ether oxygens (including phenoxy) is 2. The van der Waals surface area contributed by atoms with E-state index in [-0.39, 0.29) is 6.10 Å². The summed E-state index contributed by atoms with van der Waals surface area (Å²) in [6, 6.07) is 9.44. The summed E-state index contributed by atoms with van der Waals surface area (Å²) < 4.78 is 11.4. The molecule has 1 aliphatic rings. The highest BCUT2D eigenvalue weighted by Crippen LogP contribution is 2.34. The highest BCUT2D eigenvalue weighted by molar-refractivity contribution is 5.17. The quantitative estimate of drug-likeness (QED) is 0.875. The maximum atomic E-state index is 10.2. The van der Waals surface area contributed by atoms with Crippen molar-refractivity contribution in [2.75, 3.05) is 0 Å². The molecule has 1 saturated heterocycles. The Labute approximate surface area is 114 Å². The zero-order chi connectivity index (χ0) is 14.0. The fraction of sp³-hybridized carbons (Fsp3) is 0.600. The molecule has 0 saturated carbocycles. The lowest BCUT2D eigenvalue weighted by atomic mass is 9.99. The third-order valence-electron chi connectivity index (χ3n) is 3.34. The van der Waals surface area contributed by atoms with Gasteiger partial charge in [0.05, 0.1) is 18.3 Å². The first-order valence-electron chi connectivity index (χ1n) is 6.66. The lowest BCUT2D eigenvalue weighted by molar-refractivity contribution is -0.155. The molecule has 1 aromatic carbocycles. The van der Waals surface area contributed by atoms with E-state index in [1.165, 1.54) is 0 Å². The second kappa shape index (κ2) is 5.59. The first kappa shape index (κ1) is 14.5. The van der Waals surface area contributed by atoms with Crippen LogP contribution in [0.2, 0.25) is 0 Å². The highest BCUT2D eigenvalue weighted by atomic mass is 16.8. The van der Waals surface area contributed by atoms with Crippen LogP contribution in [0.1, 0.15) is 38.9 Å². The van der Waals surface area contributed by atoms with E-state index in [1.54, 1.807) is 6.92 Å². The van der Waals surface area contributed by atoms with Crippen LogP contribution in [0, 0.1) is 0 Å². The molecule has 0 aromatic heterocycles. The van der Waals surface area contributed by atoms with Gasteiger partial charge in [-0.3, -0.25) is 0 Å². The Morgan fingerprint density at radius 2 is 1.79 bits per heavy atom. The van der Waals surface area contributed by atoms with Crippen LogP contribution in [0.5, 0.6) is 0 Å². The normalized spacial score (nSPS) is 29.1. The summed E-state index contributed by atoms with van der Waals surface area (Å²) in [5.74, 6) is -0.720. The predicted octanol–water partition coefficient (Wildman–Crippen LogP) is 2.01.